The molecule has 3 nitrogen and oxygen atoms in total. The molecule has 0 aromatic heterocycles. The number of carbonyl (C=O) groups excluding carboxylic acids is 3. The third kappa shape index (κ3) is 1.58. The summed E-state index contributed by atoms with van der Waals surface area (Å²) in [7, 11) is 0. The van der Waals surface area contributed by atoms with Gasteiger partial charge in [0.25, 0.3) is 0 Å². The van der Waals surface area contributed by atoms with Crippen LogP contribution in [-0.2, 0) is 14.4 Å². The molecule has 3 heteroatoms. The Morgan fingerprint density at radius 3 is 2.36 bits per heavy atom. The molecule has 0 fully saturated rings. The van der Waals surface area contributed by atoms with E-state index in [1.807, 2.05) is 0 Å². The fourth-order valence-electron chi connectivity index (χ4n) is 1.50. The van der Waals surface area contributed by atoms with Crippen molar-refractivity contribution in [1.82, 2.24) is 0 Å². The van der Waals surface area contributed by atoms with Crippen molar-refractivity contribution in [3.63, 3.8) is 0 Å². The molecule has 0 heterocycles. The lowest BCUT2D eigenvalue weighted by Crippen LogP contribution is -2.21. The molecule has 1 aliphatic rings. The first-order valence-electron chi connectivity index (χ1n) is 4.42. The summed E-state index contributed by atoms with van der Waals surface area (Å²) in [4.78, 5) is 33.6. The average molecular weight is 192 g/mol. The van der Waals surface area contributed by atoms with Crippen molar-refractivity contribution in [1.29, 1.82) is 0 Å². The highest BCUT2D eigenvalue weighted by molar-refractivity contribution is 6.23. The van der Waals surface area contributed by atoms with Crippen LogP contribution in [0.25, 0.3) is 0 Å². The first-order chi connectivity index (χ1) is 6.49. The van der Waals surface area contributed by atoms with Crippen LogP contribution in [0.4, 0.5) is 0 Å². The highest BCUT2D eigenvalue weighted by atomic mass is 16.1. The van der Waals surface area contributed by atoms with Crippen LogP contribution in [0.3, 0.4) is 0 Å². The zero-order valence-corrected chi connectivity index (χ0v) is 8.46. The summed E-state index contributed by atoms with van der Waals surface area (Å²) in [5.41, 5.74) is 1.13. The van der Waals surface area contributed by atoms with Crippen molar-refractivity contribution < 1.29 is 14.4 Å². The van der Waals surface area contributed by atoms with Gasteiger partial charge in [-0.15, -0.1) is 0 Å². The molecule has 1 atom stereocenters. The third-order valence-corrected chi connectivity index (χ3v) is 2.38. The number of hydrogen-bond acceptors (Lipinski definition) is 3. The van der Waals surface area contributed by atoms with E-state index in [1.165, 1.54) is 6.08 Å². The van der Waals surface area contributed by atoms with Crippen LogP contribution < -0.4 is 0 Å². The van der Waals surface area contributed by atoms with Gasteiger partial charge in [-0.3, -0.25) is 9.59 Å². The minimum atomic E-state index is -0.505. The summed E-state index contributed by atoms with van der Waals surface area (Å²) in [6.45, 7) is 4.79. The SMILES string of the molecule is CC1=CC(=O)C(C)=C(C(C)C=O)C1=O. The summed E-state index contributed by atoms with van der Waals surface area (Å²) >= 11 is 0. The molecular weight excluding hydrogens is 180 g/mol. The van der Waals surface area contributed by atoms with E-state index in [0.29, 0.717) is 23.0 Å². The van der Waals surface area contributed by atoms with Crippen molar-refractivity contribution in [2.45, 2.75) is 20.8 Å². The van der Waals surface area contributed by atoms with Gasteiger partial charge in [0.1, 0.15) is 6.29 Å². The Kier molecular flexibility index (Phi) is 2.79. The maximum Gasteiger partial charge on any atom is 0.185 e. The Balaban J connectivity index is 3.25. The predicted octanol–water partition coefficient (Wildman–Crippen LogP) is 1.24. The minimum absolute atomic E-state index is 0.175. The van der Waals surface area contributed by atoms with Crippen LogP contribution in [0.1, 0.15) is 20.8 Å². The van der Waals surface area contributed by atoms with E-state index in [9.17, 15) is 14.4 Å². The van der Waals surface area contributed by atoms with Gasteiger partial charge >= 0.3 is 0 Å². The number of allylic oxidation sites excluding steroid dienone is 4. The van der Waals surface area contributed by atoms with Gasteiger partial charge in [0.2, 0.25) is 0 Å². The Morgan fingerprint density at radius 2 is 1.86 bits per heavy atom. The average Bonchev–Trinajstić information content (AvgIpc) is 2.15. The standard InChI is InChI=1S/C11H12O3/c1-6-4-9(13)8(3)10(11(6)14)7(2)5-12/h4-5,7H,1-3H3. The lowest BCUT2D eigenvalue weighted by Gasteiger charge is -2.16. The monoisotopic (exact) mass is 192 g/mol. The van der Waals surface area contributed by atoms with Crippen molar-refractivity contribution >= 4 is 17.9 Å². The van der Waals surface area contributed by atoms with E-state index >= 15 is 0 Å². The van der Waals surface area contributed by atoms with Crippen LogP contribution in [0.5, 0.6) is 0 Å². The fraction of sp³-hybridized carbons (Fsp3) is 0.364. The summed E-state index contributed by atoms with van der Waals surface area (Å²) in [6, 6.07) is 0. The van der Waals surface area contributed by atoms with E-state index in [1.54, 1.807) is 20.8 Å². The molecule has 0 aliphatic heterocycles. The smallest absolute Gasteiger partial charge is 0.185 e. The second-order valence-electron chi connectivity index (χ2n) is 3.48. The Morgan fingerprint density at radius 1 is 1.29 bits per heavy atom. The second kappa shape index (κ2) is 3.70. The molecule has 1 unspecified atom stereocenters. The summed E-state index contributed by atoms with van der Waals surface area (Å²) in [6.07, 6.45) is 2.00. The first kappa shape index (κ1) is 10.6. The number of hydrogen-bond donors (Lipinski definition) is 0. The van der Waals surface area contributed by atoms with Gasteiger partial charge in [0, 0.05) is 22.6 Å². The molecule has 1 rings (SSSR count). The Hall–Kier alpha value is -1.51. The molecule has 0 radical (unpaired) electrons. The van der Waals surface area contributed by atoms with Crippen molar-refractivity contribution in [2.24, 2.45) is 5.92 Å². The topological polar surface area (TPSA) is 51.2 Å². The molecule has 0 saturated carbocycles. The first-order valence-corrected chi connectivity index (χ1v) is 4.42. The maximum absolute atomic E-state index is 11.6. The molecule has 0 bridgehead atoms. The van der Waals surface area contributed by atoms with Gasteiger partial charge in [-0.1, -0.05) is 6.92 Å². The van der Waals surface area contributed by atoms with Crippen molar-refractivity contribution in [2.75, 3.05) is 0 Å². The molecule has 0 saturated heterocycles. The highest BCUT2D eigenvalue weighted by Crippen LogP contribution is 2.23. The normalized spacial score (nSPS) is 19.5. The molecule has 1 aliphatic carbocycles. The predicted molar refractivity (Wildman–Crippen MR) is 51.7 cm³/mol. The lowest BCUT2D eigenvalue weighted by atomic mass is 9.84. The molecule has 74 valence electrons. The highest BCUT2D eigenvalue weighted by Gasteiger charge is 2.26. The summed E-state index contributed by atoms with van der Waals surface area (Å²) in [5, 5.41) is 0. The minimum Gasteiger partial charge on any atom is -0.303 e. The number of ketones is 2. The van der Waals surface area contributed by atoms with E-state index in [-0.39, 0.29) is 11.6 Å². The quantitative estimate of drug-likeness (QED) is 0.488. The van der Waals surface area contributed by atoms with Crippen LogP contribution in [0.15, 0.2) is 22.8 Å². The van der Waals surface area contributed by atoms with Crippen LogP contribution in [-0.4, -0.2) is 17.9 Å². The third-order valence-electron chi connectivity index (χ3n) is 2.38. The second-order valence-corrected chi connectivity index (χ2v) is 3.48. The van der Waals surface area contributed by atoms with Gasteiger partial charge < -0.3 is 4.79 Å². The van der Waals surface area contributed by atoms with Gasteiger partial charge in [-0.2, -0.15) is 0 Å². The van der Waals surface area contributed by atoms with E-state index in [4.69, 9.17) is 0 Å². The van der Waals surface area contributed by atoms with Gasteiger partial charge in [0.05, 0.1) is 0 Å². The molecule has 0 aromatic carbocycles. The fourth-order valence-corrected chi connectivity index (χ4v) is 1.50. The van der Waals surface area contributed by atoms with E-state index in [2.05, 4.69) is 0 Å². The maximum atomic E-state index is 11.6. The molecule has 14 heavy (non-hydrogen) atoms. The van der Waals surface area contributed by atoms with Gasteiger partial charge in [-0.05, 0) is 19.9 Å². The van der Waals surface area contributed by atoms with Crippen molar-refractivity contribution in [3.05, 3.63) is 22.8 Å². The van der Waals surface area contributed by atoms with Gasteiger partial charge in [-0.25, -0.2) is 0 Å². The number of Topliss-reactive ketones (excluding diaryl/α,β-unsaturated/α-hetero) is 1. The molecule has 0 aromatic rings. The lowest BCUT2D eigenvalue weighted by molar-refractivity contribution is -0.117. The van der Waals surface area contributed by atoms with E-state index < -0.39 is 5.92 Å². The molecular formula is C11H12O3. The number of rotatable bonds is 2. The van der Waals surface area contributed by atoms with E-state index in [0.717, 1.165) is 0 Å². The van der Waals surface area contributed by atoms with Crippen LogP contribution in [0.2, 0.25) is 0 Å². The number of aldehydes is 1. The number of carbonyl (C=O) groups is 3. The molecule has 0 N–H and O–H groups in total. The zero-order valence-electron chi connectivity index (χ0n) is 8.46. The molecule has 0 spiro atoms. The largest absolute Gasteiger partial charge is 0.303 e. The van der Waals surface area contributed by atoms with Gasteiger partial charge in [0.15, 0.2) is 11.6 Å². The van der Waals surface area contributed by atoms with Crippen molar-refractivity contribution in [3.8, 4) is 0 Å². The van der Waals surface area contributed by atoms with Crippen LogP contribution >= 0.6 is 0 Å². The van der Waals surface area contributed by atoms with Crippen LogP contribution in [0, 0.1) is 5.92 Å². The Bertz CT molecular complexity index is 372. The summed E-state index contributed by atoms with van der Waals surface area (Å²) in [5.74, 6) is -0.873. The summed E-state index contributed by atoms with van der Waals surface area (Å²) < 4.78 is 0. The zero-order chi connectivity index (χ0) is 10.9. The Labute approximate surface area is 82.5 Å². The molecule has 0 amide bonds.